The Balaban J connectivity index is -0.0000000640. The first-order chi connectivity index (χ1) is 11.4. The number of aliphatic hydroxyl groups excluding tert-OH is 3. The van der Waals surface area contributed by atoms with Crippen molar-refractivity contribution < 1.29 is 175 Å². The molecule has 29 heavy (non-hydrogen) atoms. The Morgan fingerprint density at radius 2 is 0.897 bits per heavy atom. The van der Waals surface area contributed by atoms with Gasteiger partial charge in [-0.2, -0.15) is 0 Å². The van der Waals surface area contributed by atoms with Gasteiger partial charge >= 0.3 is 214 Å². The molecule has 0 saturated carbocycles. The van der Waals surface area contributed by atoms with Gasteiger partial charge in [0, 0.05) is 0 Å². The van der Waals surface area contributed by atoms with E-state index in [4.69, 9.17) is 20.4 Å². The molecule has 3 unspecified atom stereocenters. The summed E-state index contributed by atoms with van der Waals surface area (Å²) < 4.78 is 7.99. The van der Waals surface area contributed by atoms with Crippen LogP contribution in [-0.2, 0) is 38.2 Å². The number of hydrogen-bond acceptors (Lipinski definition) is 11. The molecule has 0 aliphatic rings. The Hall–Kier alpha value is 2.89. The van der Waals surface area contributed by atoms with E-state index in [9.17, 15) is 33.9 Å². The minimum absolute atomic E-state index is 0. The van der Waals surface area contributed by atoms with Crippen molar-refractivity contribution in [2.24, 2.45) is 0 Å². The van der Waals surface area contributed by atoms with E-state index >= 15 is 0 Å². The molecule has 0 aromatic carbocycles. The van der Waals surface area contributed by atoms with Crippen LogP contribution in [-0.4, -0.2) is 155 Å². The number of aliphatic hydroxyl groups is 3. The molecule has 0 aromatic heterocycles. The topological polar surface area (TPSA) is 222 Å². The zero-order chi connectivity index (χ0) is 19.7. The van der Waals surface area contributed by atoms with Crippen LogP contribution in [0.3, 0.4) is 0 Å². The minimum Gasteiger partial charge on any atom is -1.00 e. The molecule has 0 spiro atoms. The number of carbonyl (C=O) groups is 6. The molecular weight excluding hydrogens is 510 g/mol. The van der Waals surface area contributed by atoms with Gasteiger partial charge in [-0.05, 0) is 0 Å². The van der Waals surface area contributed by atoms with Crippen LogP contribution in [0, 0.1) is 0 Å². The SMILES string of the molecule is O=C(CC(O)C(=O)O)OC(=O)CC(O)C(=O)OC(=O)CC(O)C(=O)O.[Ca+2].[Ca+2].[H-].[H-].[H-].[H-].[H-].[H-].[K+].[K+]. The van der Waals surface area contributed by atoms with Gasteiger partial charge in [-0.15, -0.1) is 0 Å². The average Bonchev–Trinajstić information content (AvgIpc) is 2.45. The monoisotopic (exact) mass is 530 g/mol. The fraction of sp³-hybridized carbons (Fsp3) is 0.500. The van der Waals surface area contributed by atoms with Crippen molar-refractivity contribution in [3.8, 4) is 0 Å². The minimum atomic E-state index is -2.25. The molecular formula is C12H20Ca2K2O13. The molecule has 0 bridgehead atoms. The Morgan fingerprint density at radius 3 is 1.21 bits per heavy atom. The molecule has 0 heterocycles. The van der Waals surface area contributed by atoms with E-state index in [0.717, 1.165) is 0 Å². The third-order valence-corrected chi connectivity index (χ3v) is 2.36. The van der Waals surface area contributed by atoms with Crippen molar-refractivity contribution in [3.63, 3.8) is 0 Å². The number of esters is 4. The standard InChI is InChI=1S/C12H14O13.2Ca.2K.6H/c13-4(10(19)20)1-7(16)24-8(17)3-6(15)12(23)25-9(18)2-5(14)11(21)22;;;;;;;;;;/h4-6,13-15H,1-3H2,(H,19,20)(H,21,22);;;;;;;;;;/q;2*+2;2*+1;6*-1. The van der Waals surface area contributed by atoms with Crippen molar-refractivity contribution in [2.75, 3.05) is 0 Å². The molecule has 0 saturated heterocycles. The van der Waals surface area contributed by atoms with Gasteiger partial charge < -0.3 is 43.6 Å². The quantitative estimate of drug-likeness (QED) is 0.106. The Morgan fingerprint density at radius 1 is 0.621 bits per heavy atom. The Bertz CT molecular complexity index is 609. The number of hydrogen-bond donors (Lipinski definition) is 5. The van der Waals surface area contributed by atoms with Crippen molar-refractivity contribution in [1.82, 2.24) is 0 Å². The summed E-state index contributed by atoms with van der Waals surface area (Å²) in [5.74, 6) is -9.58. The molecule has 0 aliphatic carbocycles. The molecule has 0 aliphatic heterocycles. The first kappa shape index (κ1) is 42.1. The summed E-state index contributed by atoms with van der Waals surface area (Å²) in [6.45, 7) is 0. The van der Waals surface area contributed by atoms with Gasteiger partial charge in [0.05, 0.1) is 19.3 Å². The van der Waals surface area contributed by atoms with Gasteiger partial charge in [0.25, 0.3) is 0 Å². The van der Waals surface area contributed by atoms with Crippen LogP contribution in [0.4, 0.5) is 0 Å². The van der Waals surface area contributed by atoms with Gasteiger partial charge in [-0.1, -0.05) is 0 Å². The zero-order valence-corrected chi connectivity index (χ0v) is 26.4. The molecule has 0 fully saturated rings. The van der Waals surface area contributed by atoms with Gasteiger partial charge in [-0.25, -0.2) is 14.4 Å². The van der Waals surface area contributed by atoms with Crippen LogP contribution < -0.4 is 103 Å². The van der Waals surface area contributed by atoms with E-state index in [-0.39, 0.29) is 187 Å². The Kier molecular flexibility index (Phi) is 32.9. The van der Waals surface area contributed by atoms with Crippen LogP contribution in [0.25, 0.3) is 0 Å². The molecule has 17 heteroatoms. The van der Waals surface area contributed by atoms with Crippen molar-refractivity contribution in [3.05, 3.63) is 0 Å². The fourth-order valence-electron chi connectivity index (χ4n) is 1.16. The third-order valence-electron chi connectivity index (χ3n) is 2.36. The van der Waals surface area contributed by atoms with E-state index in [1.807, 2.05) is 0 Å². The van der Waals surface area contributed by atoms with Crippen molar-refractivity contribution in [2.45, 2.75) is 37.6 Å². The number of rotatable bonds is 9. The largest absolute Gasteiger partial charge is 2.00 e. The number of carboxylic acids is 2. The molecule has 13 nitrogen and oxygen atoms in total. The average molecular weight is 531 g/mol. The zero-order valence-electron chi connectivity index (χ0n) is 21.8. The van der Waals surface area contributed by atoms with Crippen LogP contribution in [0.5, 0.6) is 0 Å². The number of aliphatic carboxylic acids is 2. The van der Waals surface area contributed by atoms with Crippen LogP contribution >= 0.6 is 0 Å². The number of carbonyl (C=O) groups excluding carboxylic acids is 4. The van der Waals surface area contributed by atoms with Crippen molar-refractivity contribution >= 4 is 111 Å². The van der Waals surface area contributed by atoms with Crippen LogP contribution in [0.2, 0.25) is 0 Å². The summed E-state index contributed by atoms with van der Waals surface area (Å²) >= 11 is 0. The van der Waals surface area contributed by atoms with E-state index in [2.05, 4.69) is 9.47 Å². The summed E-state index contributed by atoms with van der Waals surface area (Å²) in [6.07, 6.45) is -9.82. The van der Waals surface area contributed by atoms with E-state index in [0.29, 0.717) is 0 Å². The summed E-state index contributed by atoms with van der Waals surface area (Å²) in [5, 5.41) is 43.7. The van der Waals surface area contributed by atoms with Gasteiger partial charge in [0.15, 0.2) is 18.3 Å². The third kappa shape index (κ3) is 21.2. The number of carboxylic acid groups (broad SMARTS) is 2. The normalized spacial score (nSPS) is 12.0. The summed E-state index contributed by atoms with van der Waals surface area (Å²) in [4.78, 5) is 65.2. The maximum absolute atomic E-state index is 11.3. The molecule has 0 rings (SSSR count). The number of ether oxygens (including phenoxy) is 2. The fourth-order valence-corrected chi connectivity index (χ4v) is 1.16. The summed E-state index contributed by atoms with van der Waals surface area (Å²) in [5.41, 5.74) is 0. The van der Waals surface area contributed by atoms with Gasteiger partial charge in [0.2, 0.25) is 0 Å². The summed E-state index contributed by atoms with van der Waals surface area (Å²) in [6, 6.07) is 0. The smallest absolute Gasteiger partial charge is 1.00 e. The molecule has 0 amide bonds. The van der Waals surface area contributed by atoms with Gasteiger partial charge in [-0.3, -0.25) is 14.4 Å². The van der Waals surface area contributed by atoms with Gasteiger partial charge in [0.1, 0.15) is 0 Å². The molecule has 5 N–H and O–H groups in total. The second-order valence-corrected chi connectivity index (χ2v) is 4.48. The molecule has 0 radical (unpaired) electrons. The van der Waals surface area contributed by atoms with Crippen LogP contribution in [0.15, 0.2) is 0 Å². The Labute approximate surface area is 317 Å². The molecule has 0 aromatic rings. The first-order valence-corrected chi connectivity index (χ1v) is 6.41. The molecule has 3 atom stereocenters. The summed E-state index contributed by atoms with van der Waals surface area (Å²) in [7, 11) is 0. The molecule has 152 valence electrons. The first-order valence-electron chi connectivity index (χ1n) is 6.41. The second kappa shape index (κ2) is 22.7. The van der Waals surface area contributed by atoms with E-state index in [1.165, 1.54) is 0 Å². The van der Waals surface area contributed by atoms with E-state index < -0.39 is 73.4 Å². The van der Waals surface area contributed by atoms with Crippen molar-refractivity contribution in [1.29, 1.82) is 0 Å². The van der Waals surface area contributed by atoms with Crippen LogP contribution in [0.1, 0.15) is 27.8 Å². The second-order valence-electron chi connectivity index (χ2n) is 4.48. The van der Waals surface area contributed by atoms with E-state index in [1.54, 1.807) is 0 Å². The predicted molar refractivity (Wildman–Crippen MR) is 87.5 cm³/mol. The maximum atomic E-state index is 11.3. The maximum Gasteiger partial charge on any atom is 2.00 e. The predicted octanol–water partition coefficient (Wildman–Crippen LogP) is -9.53.